The zero-order chi connectivity index (χ0) is 19.2. The van der Waals surface area contributed by atoms with Gasteiger partial charge in [0.25, 0.3) is 0 Å². The maximum absolute atomic E-state index is 12.5. The number of amides is 2. The number of carbonyl (C=O) groups excluding carboxylic acids is 1. The third-order valence-corrected chi connectivity index (χ3v) is 4.88. The minimum absolute atomic E-state index is 0.0380. The Balaban J connectivity index is 1.59. The van der Waals surface area contributed by atoms with E-state index >= 15 is 0 Å². The highest BCUT2D eigenvalue weighted by atomic mass is 16.5. The summed E-state index contributed by atoms with van der Waals surface area (Å²) in [7, 11) is 4.81. The van der Waals surface area contributed by atoms with Crippen LogP contribution in [-0.4, -0.2) is 45.3 Å². The summed E-state index contributed by atoms with van der Waals surface area (Å²) in [5.41, 5.74) is 3.51. The van der Waals surface area contributed by atoms with E-state index < -0.39 is 0 Å². The Bertz CT molecular complexity index is 807. The Labute approximate surface area is 160 Å². The first-order chi connectivity index (χ1) is 13.2. The average molecular weight is 370 g/mol. The van der Waals surface area contributed by atoms with Gasteiger partial charge in [-0.2, -0.15) is 0 Å². The van der Waals surface area contributed by atoms with Crippen molar-refractivity contribution >= 4 is 6.03 Å². The van der Waals surface area contributed by atoms with Crippen LogP contribution in [0.4, 0.5) is 4.79 Å². The molecule has 6 heteroatoms. The lowest BCUT2D eigenvalue weighted by molar-refractivity contribution is 0.192. The van der Waals surface area contributed by atoms with Crippen molar-refractivity contribution in [2.24, 2.45) is 0 Å². The van der Waals surface area contributed by atoms with Gasteiger partial charge in [-0.15, -0.1) is 0 Å². The predicted octanol–water partition coefficient (Wildman–Crippen LogP) is 3.02. The van der Waals surface area contributed by atoms with Gasteiger partial charge in [-0.05, 0) is 35.6 Å². The molecule has 0 aromatic heterocycles. The number of benzene rings is 2. The third kappa shape index (κ3) is 4.27. The summed E-state index contributed by atoms with van der Waals surface area (Å²) in [4.78, 5) is 14.4. The SMILES string of the molecule is COc1cc(OC)c(OC)cc1CCNC(=O)N1CCc2ccccc2C1. The summed E-state index contributed by atoms with van der Waals surface area (Å²) in [5, 5.41) is 3.01. The number of hydrogen-bond acceptors (Lipinski definition) is 4. The molecule has 0 fully saturated rings. The molecule has 1 aliphatic heterocycles. The molecule has 27 heavy (non-hydrogen) atoms. The minimum Gasteiger partial charge on any atom is -0.496 e. The minimum atomic E-state index is -0.0380. The van der Waals surface area contributed by atoms with E-state index in [1.807, 2.05) is 23.1 Å². The number of nitrogens with one attached hydrogen (secondary N) is 1. The van der Waals surface area contributed by atoms with Crippen LogP contribution >= 0.6 is 0 Å². The summed E-state index contributed by atoms with van der Waals surface area (Å²) in [6.45, 7) is 1.91. The number of ether oxygens (including phenoxy) is 3. The molecule has 0 saturated heterocycles. The predicted molar refractivity (Wildman–Crippen MR) is 104 cm³/mol. The van der Waals surface area contributed by atoms with Gasteiger partial charge in [0, 0.05) is 25.7 Å². The maximum Gasteiger partial charge on any atom is 0.317 e. The van der Waals surface area contributed by atoms with E-state index in [-0.39, 0.29) is 6.03 Å². The molecule has 144 valence electrons. The van der Waals surface area contributed by atoms with E-state index in [0.717, 1.165) is 18.5 Å². The number of urea groups is 1. The van der Waals surface area contributed by atoms with Crippen molar-refractivity contribution in [2.45, 2.75) is 19.4 Å². The molecule has 1 N–H and O–H groups in total. The number of rotatable bonds is 6. The Hall–Kier alpha value is -2.89. The van der Waals surface area contributed by atoms with Crippen molar-refractivity contribution < 1.29 is 19.0 Å². The first-order valence-electron chi connectivity index (χ1n) is 9.04. The largest absolute Gasteiger partial charge is 0.496 e. The number of hydrogen-bond donors (Lipinski definition) is 1. The highest BCUT2D eigenvalue weighted by molar-refractivity contribution is 5.74. The van der Waals surface area contributed by atoms with E-state index in [1.54, 1.807) is 27.4 Å². The van der Waals surface area contributed by atoms with E-state index in [4.69, 9.17) is 14.2 Å². The standard InChI is InChI=1S/C21H26N2O4/c1-25-18-13-20(27-3)19(26-2)12-16(18)8-10-22-21(24)23-11-9-15-6-4-5-7-17(15)14-23/h4-7,12-13H,8-11,14H2,1-3H3,(H,22,24). The summed E-state index contributed by atoms with van der Waals surface area (Å²) in [5.74, 6) is 1.98. The molecular formula is C21H26N2O4. The fourth-order valence-corrected chi connectivity index (χ4v) is 3.37. The molecule has 0 aliphatic carbocycles. The molecule has 0 unspecified atom stereocenters. The smallest absolute Gasteiger partial charge is 0.317 e. The maximum atomic E-state index is 12.5. The molecule has 0 saturated carbocycles. The first kappa shape index (κ1) is 18.9. The first-order valence-corrected chi connectivity index (χ1v) is 9.04. The van der Waals surface area contributed by atoms with Crippen molar-refractivity contribution in [1.29, 1.82) is 0 Å². The molecule has 2 amide bonds. The molecule has 1 heterocycles. The number of fused-ring (bicyclic) bond motifs is 1. The Morgan fingerprint density at radius 1 is 1.00 bits per heavy atom. The second kappa shape index (κ2) is 8.66. The molecular weight excluding hydrogens is 344 g/mol. The van der Waals surface area contributed by atoms with Crippen LogP contribution in [0.2, 0.25) is 0 Å². The highest BCUT2D eigenvalue weighted by Gasteiger charge is 2.20. The number of methoxy groups -OCH3 is 3. The van der Waals surface area contributed by atoms with Crippen molar-refractivity contribution in [3.63, 3.8) is 0 Å². The van der Waals surface area contributed by atoms with Crippen LogP contribution in [0.5, 0.6) is 17.2 Å². The van der Waals surface area contributed by atoms with Gasteiger partial charge in [0.1, 0.15) is 5.75 Å². The molecule has 0 atom stereocenters. The molecule has 3 rings (SSSR count). The Morgan fingerprint density at radius 2 is 1.67 bits per heavy atom. The van der Waals surface area contributed by atoms with Crippen LogP contribution in [0.15, 0.2) is 36.4 Å². The lowest BCUT2D eigenvalue weighted by Crippen LogP contribution is -2.43. The molecule has 1 aliphatic rings. The number of carbonyl (C=O) groups is 1. The molecule has 6 nitrogen and oxygen atoms in total. The zero-order valence-electron chi connectivity index (χ0n) is 16.1. The van der Waals surface area contributed by atoms with Crippen LogP contribution < -0.4 is 19.5 Å². The fraction of sp³-hybridized carbons (Fsp3) is 0.381. The quantitative estimate of drug-likeness (QED) is 0.849. The van der Waals surface area contributed by atoms with Gasteiger partial charge < -0.3 is 24.4 Å². The Kier molecular flexibility index (Phi) is 6.06. The molecule has 0 bridgehead atoms. The van der Waals surface area contributed by atoms with Gasteiger partial charge in [0.2, 0.25) is 0 Å². The number of nitrogens with zero attached hydrogens (tertiary/aromatic N) is 1. The van der Waals surface area contributed by atoms with Gasteiger partial charge in [-0.25, -0.2) is 4.79 Å². The fourth-order valence-electron chi connectivity index (χ4n) is 3.37. The van der Waals surface area contributed by atoms with Crippen molar-refractivity contribution in [3.8, 4) is 17.2 Å². The Morgan fingerprint density at radius 3 is 2.37 bits per heavy atom. The lowest BCUT2D eigenvalue weighted by atomic mass is 10.0. The topological polar surface area (TPSA) is 60.0 Å². The van der Waals surface area contributed by atoms with Gasteiger partial charge in [0.05, 0.1) is 21.3 Å². The van der Waals surface area contributed by atoms with E-state index in [9.17, 15) is 4.79 Å². The van der Waals surface area contributed by atoms with Crippen LogP contribution in [0.1, 0.15) is 16.7 Å². The van der Waals surface area contributed by atoms with Gasteiger partial charge in [-0.3, -0.25) is 0 Å². The monoisotopic (exact) mass is 370 g/mol. The average Bonchev–Trinajstić information content (AvgIpc) is 2.72. The normalized spacial score (nSPS) is 12.9. The van der Waals surface area contributed by atoms with Crippen LogP contribution in [-0.2, 0) is 19.4 Å². The van der Waals surface area contributed by atoms with Crippen LogP contribution in [0.3, 0.4) is 0 Å². The van der Waals surface area contributed by atoms with Gasteiger partial charge >= 0.3 is 6.03 Å². The zero-order valence-corrected chi connectivity index (χ0v) is 16.1. The summed E-state index contributed by atoms with van der Waals surface area (Å²) in [6, 6.07) is 11.9. The van der Waals surface area contributed by atoms with E-state index in [1.165, 1.54) is 11.1 Å². The lowest BCUT2D eigenvalue weighted by Gasteiger charge is -2.29. The molecule has 0 radical (unpaired) electrons. The van der Waals surface area contributed by atoms with Gasteiger partial charge in [0.15, 0.2) is 11.5 Å². The molecule has 2 aromatic carbocycles. The highest BCUT2D eigenvalue weighted by Crippen LogP contribution is 2.34. The van der Waals surface area contributed by atoms with Crippen LogP contribution in [0.25, 0.3) is 0 Å². The van der Waals surface area contributed by atoms with Crippen molar-refractivity contribution in [1.82, 2.24) is 10.2 Å². The second-order valence-electron chi connectivity index (χ2n) is 6.44. The third-order valence-electron chi connectivity index (χ3n) is 4.88. The second-order valence-corrected chi connectivity index (χ2v) is 6.44. The summed E-state index contributed by atoms with van der Waals surface area (Å²) in [6.07, 6.45) is 1.53. The van der Waals surface area contributed by atoms with E-state index in [2.05, 4.69) is 17.4 Å². The summed E-state index contributed by atoms with van der Waals surface area (Å²) >= 11 is 0. The summed E-state index contributed by atoms with van der Waals surface area (Å²) < 4.78 is 16.1. The van der Waals surface area contributed by atoms with Crippen LogP contribution in [0, 0.1) is 0 Å². The molecule has 2 aromatic rings. The van der Waals surface area contributed by atoms with Crippen molar-refractivity contribution in [2.75, 3.05) is 34.4 Å². The van der Waals surface area contributed by atoms with E-state index in [0.29, 0.717) is 36.8 Å². The van der Waals surface area contributed by atoms with Gasteiger partial charge in [-0.1, -0.05) is 24.3 Å². The van der Waals surface area contributed by atoms with Crippen molar-refractivity contribution in [3.05, 3.63) is 53.1 Å². The molecule has 0 spiro atoms.